The van der Waals surface area contributed by atoms with Gasteiger partial charge in [0, 0.05) is 12.1 Å². The Kier molecular flexibility index (Phi) is 3.41. The Morgan fingerprint density at radius 1 is 1.38 bits per heavy atom. The van der Waals surface area contributed by atoms with Crippen molar-refractivity contribution in [3.8, 4) is 5.75 Å². The second kappa shape index (κ2) is 4.99. The highest BCUT2D eigenvalue weighted by Crippen LogP contribution is 2.17. The van der Waals surface area contributed by atoms with Crippen molar-refractivity contribution in [2.24, 2.45) is 5.73 Å². The van der Waals surface area contributed by atoms with E-state index in [4.69, 9.17) is 10.5 Å². The van der Waals surface area contributed by atoms with Gasteiger partial charge in [0.25, 0.3) is 5.91 Å². The number of nitrogens with one attached hydrogen (secondary N) is 1. The van der Waals surface area contributed by atoms with Gasteiger partial charge < -0.3 is 15.8 Å². The van der Waals surface area contributed by atoms with Gasteiger partial charge in [-0.2, -0.15) is 0 Å². The quantitative estimate of drug-likeness (QED) is 0.784. The van der Waals surface area contributed by atoms with Crippen molar-refractivity contribution in [3.63, 3.8) is 0 Å². The molecule has 1 fully saturated rings. The minimum absolute atomic E-state index is 0.0652. The van der Waals surface area contributed by atoms with Gasteiger partial charge in [0.1, 0.15) is 5.75 Å². The van der Waals surface area contributed by atoms with Crippen molar-refractivity contribution < 1.29 is 9.53 Å². The van der Waals surface area contributed by atoms with Gasteiger partial charge in [-0.1, -0.05) is 18.2 Å². The molecule has 0 aliphatic heterocycles. The molecular formula is C12H16N2O2. The fraction of sp³-hybridized carbons (Fsp3) is 0.417. The van der Waals surface area contributed by atoms with Gasteiger partial charge in [0.15, 0.2) is 6.61 Å². The van der Waals surface area contributed by atoms with Crippen molar-refractivity contribution in [2.75, 3.05) is 6.61 Å². The molecule has 0 heterocycles. The van der Waals surface area contributed by atoms with Crippen LogP contribution in [0.4, 0.5) is 0 Å². The molecule has 0 atom stereocenters. The van der Waals surface area contributed by atoms with Crippen LogP contribution in [0.25, 0.3) is 0 Å². The predicted octanol–water partition coefficient (Wildman–Crippen LogP) is 0.671. The SMILES string of the molecule is NC1CC(NC(=O)COc2ccccc2)C1. The Labute approximate surface area is 94.8 Å². The normalized spacial score (nSPS) is 23.3. The number of amides is 1. The van der Waals surface area contributed by atoms with Crippen molar-refractivity contribution in [1.82, 2.24) is 5.32 Å². The van der Waals surface area contributed by atoms with E-state index >= 15 is 0 Å². The van der Waals surface area contributed by atoms with Gasteiger partial charge in [-0.15, -0.1) is 0 Å². The van der Waals surface area contributed by atoms with Crippen LogP contribution < -0.4 is 15.8 Å². The Balaban J connectivity index is 1.68. The highest BCUT2D eigenvalue weighted by molar-refractivity contribution is 5.78. The lowest BCUT2D eigenvalue weighted by atomic mass is 9.88. The molecular weight excluding hydrogens is 204 g/mol. The molecule has 1 aliphatic rings. The van der Waals surface area contributed by atoms with Crippen molar-refractivity contribution >= 4 is 5.91 Å². The topological polar surface area (TPSA) is 64.3 Å². The Bertz CT molecular complexity index is 347. The van der Waals surface area contributed by atoms with Crippen LogP contribution in [-0.4, -0.2) is 24.6 Å². The van der Waals surface area contributed by atoms with E-state index in [2.05, 4.69) is 5.32 Å². The summed E-state index contributed by atoms with van der Waals surface area (Å²) >= 11 is 0. The molecule has 86 valence electrons. The van der Waals surface area contributed by atoms with E-state index in [0.717, 1.165) is 12.8 Å². The summed E-state index contributed by atoms with van der Waals surface area (Å²) in [6, 6.07) is 9.79. The lowest BCUT2D eigenvalue weighted by molar-refractivity contribution is -0.124. The number of nitrogens with two attached hydrogens (primary N) is 1. The average molecular weight is 220 g/mol. The molecule has 0 aromatic heterocycles. The van der Waals surface area contributed by atoms with Crippen LogP contribution in [-0.2, 0) is 4.79 Å². The van der Waals surface area contributed by atoms with Crippen molar-refractivity contribution in [3.05, 3.63) is 30.3 Å². The largest absolute Gasteiger partial charge is 0.484 e. The maximum absolute atomic E-state index is 11.4. The average Bonchev–Trinajstić information content (AvgIpc) is 2.26. The van der Waals surface area contributed by atoms with Crippen LogP contribution in [0.3, 0.4) is 0 Å². The number of hydrogen-bond acceptors (Lipinski definition) is 3. The molecule has 0 unspecified atom stereocenters. The standard InChI is InChI=1S/C12H16N2O2/c13-9-6-10(7-9)14-12(15)8-16-11-4-2-1-3-5-11/h1-5,9-10H,6-8,13H2,(H,14,15). The third kappa shape index (κ3) is 2.97. The zero-order valence-electron chi connectivity index (χ0n) is 9.06. The highest BCUT2D eigenvalue weighted by Gasteiger charge is 2.26. The molecule has 1 aromatic carbocycles. The second-order valence-corrected chi connectivity index (χ2v) is 4.10. The molecule has 4 heteroatoms. The lowest BCUT2D eigenvalue weighted by Gasteiger charge is -2.32. The number of para-hydroxylation sites is 1. The van der Waals surface area contributed by atoms with Gasteiger partial charge in [-0.25, -0.2) is 0 Å². The number of carbonyl (C=O) groups is 1. The molecule has 0 saturated heterocycles. The minimum atomic E-state index is -0.0826. The Morgan fingerprint density at radius 2 is 2.06 bits per heavy atom. The molecule has 1 aromatic rings. The molecule has 1 saturated carbocycles. The van der Waals surface area contributed by atoms with Crippen molar-refractivity contribution in [1.29, 1.82) is 0 Å². The Hall–Kier alpha value is -1.55. The van der Waals surface area contributed by atoms with E-state index in [1.807, 2.05) is 30.3 Å². The fourth-order valence-corrected chi connectivity index (χ4v) is 1.71. The summed E-state index contributed by atoms with van der Waals surface area (Å²) in [7, 11) is 0. The summed E-state index contributed by atoms with van der Waals surface area (Å²) in [5.74, 6) is 0.628. The first-order valence-corrected chi connectivity index (χ1v) is 5.47. The molecule has 3 N–H and O–H groups in total. The van der Waals surface area contributed by atoms with Crippen LogP contribution in [0.1, 0.15) is 12.8 Å². The Morgan fingerprint density at radius 3 is 2.69 bits per heavy atom. The van der Waals surface area contributed by atoms with Gasteiger partial charge in [-0.05, 0) is 25.0 Å². The number of ether oxygens (including phenoxy) is 1. The molecule has 1 amide bonds. The highest BCUT2D eigenvalue weighted by atomic mass is 16.5. The van der Waals surface area contributed by atoms with Gasteiger partial charge in [0.05, 0.1) is 0 Å². The fourth-order valence-electron chi connectivity index (χ4n) is 1.71. The van der Waals surface area contributed by atoms with E-state index in [-0.39, 0.29) is 24.6 Å². The van der Waals surface area contributed by atoms with Crippen LogP contribution in [0, 0.1) is 0 Å². The first-order valence-electron chi connectivity index (χ1n) is 5.47. The van der Waals surface area contributed by atoms with Crippen LogP contribution >= 0.6 is 0 Å². The first kappa shape index (κ1) is 11.0. The van der Waals surface area contributed by atoms with E-state index in [1.165, 1.54) is 0 Å². The van der Waals surface area contributed by atoms with Gasteiger partial charge >= 0.3 is 0 Å². The summed E-state index contributed by atoms with van der Waals surface area (Å²) in [6.45, 7) is 0.0652. The zero-order valence-corrected chi connectivity index (χ0v) is 9.06. The van der Waals surface area contributed by atoms with Gasteiger partial charge in [-0.3, -0.25) is 4.79 Å². The molecule has 0 radical (unpaired) electrons. The van der Waals surface area contributed by atoms with Crippen LogP contribution in [0.2, 0.25) is 0 Å². The van der Waals surface area contributed by atoms with E-state index in [9.17, 15) is 4.79 Å². The third-order valence-corrected chi connectivity index (χ3v) is 2.65. The van der Waals surface area contributed by atoms with E-state index < -0.39 is 0 Å². The number of hydrogen-bond donors (Lipinski definition) is 2. The molecule has 1 aliphatic carbocycles. The van der Waals surface area contributed by atoms with Crippen molar-refractivity contribution in [2.45, 2.75) is 24.9 Å². The summed E-state index contributed by atoms with van der Waals surface area (Å²) in [5, 5.41) is 2.87. The van der Waals surface area contributed by atoms with Crippen LogP contribution in [0.15, 0.2) is 30.3 Å². The number of rotatable bonds is 4. The number of carbonyl (C=O) groups excluding carboxylic acids is 1. The number of benzene rings is 1. The summed E-state index contributed by atoms with van der Waals surface area (Å²) < 4.78 is 5.32. The summed E-state index contributed by atoms with van der Waals surface area (Å²) in [6.07, 6.45) is 1.74. The van der Waals surface area contributed by atoms with E-state index in [1.54, 1.807) is 0 Å². The monoisotopic (exact) mass is 220 g/mol. The zero-order chi connectivity index (χ0) is 11.4. The molecule has 4 nitrogen and oxygen atoms in total. The second-order valence-electron chi connectivity index (χ2n) is 4.10. The smallest absolute Gasteiger partial charge is 0.258 e. The maximum Gasteiger partial charge on any atom is 0.258 e. The maximum atomic E-state index is 11.4. The molecule has 2 rings (SSSR count). The molecule has 16 heavy (non-hydrogen) atoms. The van der Waals surface area contributed by atoms with E-state index in [0.29, 0.717) is 5.75 Å². The molecule has 0 bridgehead atoms. The third-order valence-electron chi connectivity index (χ3n) is 2.65. The predicted molar refractivity (Wildman–Crippen MR) is 61.1 cm³/mol. The minimum Gasteiger partial charge on any atom is -0.484 e. The lowest BCUT2D eigenvalue weighted by Crippen LogP contribution is -2.51. The van der Waals surface area contributed by atoms with Gasteiger partial charge in [0.2, 0.25) is 0 Å². The summed E-state index contributed by atoms with van der Waals surface area (Å²) in [5.41, 5.74) is 5.63. The summed E-state index contributed by atoms with van der Waals surface area (Å²) in [4.78, 5) is 11.4. The molecule has 0 spiro atoms. The first-order chi connectivity index (χ1) is 7.74. The van der Waals surface area contributed by atoms with Crippen LogP contribution in [0.5, 0.6) is 5.75 Å².